The number of fused-ring (bicyclic) bond motifs is 1. The molecule has 0 unspecified atom stereocenters. The average molecular weight is 336 g/mol. The molecule has 0 bridgehead atoms. The van der Waals surface area contributed by atoms with E-state index in [1.165, 1.54) is 31.4 Å². The maximum absolute atomic E-state index is 13.5. The predicted octanol–water partition coefficient (Wildman–Crippen LogP) is 3.45. The summed E-state index contributed by atoms with van der Waals surface area (Å²) in [6, 6.07) is 4.02. The van der Waals surface area contributed by atoms with Crippen LogP contribution >= 0.6 is 23.6 Å². The zero-order valence-corrected chi connectivity index (χ0v) is 12.8. The first-order chi connectivity index (χ1) is 10.5. The van der Waals surface area contributed by atoms with Crippen molar-refractivity contribution in [3.8, 4) is 5.88 Å². The van der Waals surface area contributed by atoms with E-state index < -0.39 is 11.8 Å². The monoisotopic (exact) mass is 336 g/mol. The number of hydrogen-bond donors (Lipinski definition) is 2. The van der Waals surface area contributed by atoms with Crippen molar-refractivity contribution in [1.29, 1.82) is 0 Å². The van der Waals surface area contributed by atoms with E-state index in [0.717, 1.165) is 11.3 Å². The minimum Gasteiger partial charge on any atom is -0.494 e. The number of methoxy groups -OCH3 is 1. The van der Waals surface area contributed by atoms with E-state index in [9.17, 15) is 14.3 Å². The fourth-order valence-electron chi connectivity index (χ4n) is 2.09. The molecule has 8 heteroatoms. The summed E-state index contributed by atoms with van der Waals surface area (Å²) in [6.07, 6.45) is 1.54. The largest absolute Gasteiger partial charge is 0.494 e. The summed E-state index contributed by atoms with van der Waals surface area (Å²) in [6.45, 7) is 0. The van der Waals surface area contributed by atoms with Crippen LogP contribution in [-0.2, 0) is 9.53 Å². The molecular weight excluding hydrogens is 327 g/mol. The fourth-order valence-corrected chi connectivity index (χ4v) is 3.13. The lowest BCUT2D eigenvalue weighted by Crippen LogP contribution is -2.14. The number of carbonyl (C=O) groups is 1. The van der Waals surface area contributed by atoms with Crippen molar-refractivity contribution in [2.24, 2.45) is 4.99 Å². The number of aromatic amines is 1. The van der Waals surface area contributed by atoms with E-state index >= 15 is 0 Å². The number of esters is 1. The van der Waals surface area contributed by atoms with Gasteiger partial charge in [0.15, 0.2) is 9.67 Å². The van der Waals surface area contributed by atoms with Crippen molar-refractivity contribution >= 4 is 52.6 Å². The van der Waals surface area contributed by atoms with Crippen LogP contribution in [-0.4, -0.2) is 28.9 Å². The molecule has 0 atom stereocenters. The number of thiazole rings is 1. The van der Waals surface area contributed by atoms with Crippen LogP contribution in [0.15, 0.2) is 23.2 Å². The molecule has 2 aromatic rings. The van der Waals surface area contributed by atoms with E-state index in [1.807, 2.05) is 0 Å². The van der Waals surface area contributed by atoms with Crippen LogP contribution in [0.1, 0.15) is 10.4 Å². The van der Waals surface area contributed by atoms with Gasteiger partial charge in [0, 0.05) is 11.1 Å². The number of nitrogens with zero attached hydrogens (tertiary/aromatic N) is 1. The van der Waals surface area contributed by atoms with Crippen molar-refractivity contribution in [1.82, 2.24) is 4.98 Å². The van der Waals surface area contributed by atoms with Gasteiger partial charge in [-0.3, -0.25) is 0 Å². The number of ether oxygens (including phenoxy) is 1. The molecule has 22 heavy (non-hydrogen) atoms. The number of hydrogen-bond acceptors (Lipinski definition) is 6. The Hall–Kier alpha value is -2.32. The highest BCUT2D eigenvalue weighted by Gasteiger charge is 2.28. The molecule has 0 saturated carbocycles. The number of aromatic hydroxyl groups is 1. The summed E-state index contributed by atoms with van der Waals surface area (Å²) in [4.78, 5) is 19.1. The zero-order chi connectivity index (χ0) is 15.9. The molecule has 2 N–H and O–H groups in total. The molecule has 1 aromatic carbocycles. The van der Waals surface area contributed by atoms with Gasteiger partial charge in [0.2, 0.25) is 5.88 Å². The lowest BCUT2D eigenvalue weighted by Gasteiger charge is -2.03. The van der Waals surface area contributed by atoms with E-state index in [2.05, 4.69) is 9.98 Å². The van der Waals surface area contributed by atoms with Crippen molar-refractivity contribution in [2.75, 3.05) is 7.11 Å². The smallest absolute Gasteiger partial charge is 0.357 e. The highest BCUT2D eigenvalue weighted by molar-refractivity contribution is 7.73. The molecule has 0 spiro atoms. The third-order valence-electron chi connectivity index (χ3n) is 3.05. The number of benzene rings is 1. The number of H-pyrrole nitrogens is 1. The number of aromatic nitrogens is 1. The summed E-state index contributed by atoms with van der Waals surface area (Å²) < 4.78 is 18.6. The van der Waals surface area contributed by atoms with Gasteiger partial charge in [0.1, 0.15) is 5.82 Å². The van der Waals surface area contributed by atoms with Gasteiger partial charge in [-0.05, 0) is 36.5 Å². The van der Waals surface area contributed by atoms with E-state index in [-0.39, 0.29) is 11.6 Å². The molecule has 0 fully saturated rings. The lowest BCUT2D eigenvalue weighted by atomic mass is 10.0. The lowest BCUT2D eigenvalue weighted by molar-refractivity contribution is -0.132. The van der Waals surface area contributed by atoms with Gasteiger partial charge in [-0.2, -0.15) is 0 Å². The summed E-state index contributed by atoms with van der Waals surface area (Å²) in [5, 5.41) is 9.79. The molecule has 5 nitrogen and oxygen atoms in total. The summed E-state index contributed by atoms with van der Waals surface area (Å²) in [5.41, 5.74) is 1.36. The number of carbonyl (C=O) groups excluding carboxylic acids is 1. The average Bonchev–Trinajstić information content (AvgIpc) is 2.99. The van der Waals surface area contributed by atoms with Crippen molar-refractivity contribution in [2.45, 2.75) is 0 Å². The predicted molar refractivity (Wildman–Crippen MR) is 84.6 cm³/mol. The Morgan fingerprint density at radius 1 is 1.55 bits per heavy atom. The topological polar surface area (TPSA) is 74.7 Å². The number of rotatable bonds is 2. The maximum Gasteiger partial charge on any atom is 0.357 e. The van der Waals surface area contributed by atoms with Crippen LogP contribution in [0.25, 0.3) is 11.6 Å². The van der Waals surface area contributed by atoms with E-state index in [0.29, 0.717) is 25.7 Å². The second kappa shape index (κ2) is 5.47. The van der Waals surface area contributed by atoms with Gasteiger partial charge in [-0.1, -0.05) is 0 Å². The number of halogens is 1. The standard InChI is InChI=1S/C14H9FN2O3S2/c1-20-13(19)11-8(5-10-12(18)17-14(21)22-10)7-4-6(15)2-3-9(7)16-11/h2-5,18H,1H3,(H,17,21)/b8-5-. The summed E-state index contributed by atoms with van der Waals surface area (Å²) in [5.74, 6) is -1.20. The van der Waals surface area contributed by atoms with Crippen LogP contribution in [0.5, 0.6) is 5.88 Å². The Kier molecular flexibility index (Phi) is 3.63. The highest BCUT2D eigenvalue weighted by Crippen LogP contribution is 2.38. The molecule has 0 saturated heterocycles. The molecule has 0 aliphatic carbocycles. The van der Waals surface area contributed by atoms with Crippen molar-refractivity contribution < 1.29 is 19.0 Å². The van der Waals surface area contributed by atoms with Crippen LogP contribution in [0, 0.1) is 9.77 Å². The van der Waals surface area contributed by atoms with Crippen LogP contribution in [0.3, 0.4) is 0 Å². The second-order valence-electron chi connectivity index (χ2n) is 4.40. The highest BCUT2D eigenvalue weighted by atomic mass is 32.1. The first-order valence-electron chi connectivity index (χ1n) is 6.10. The van der Waals surface area contributed by atoms with E-state index in [1.54, 1.807) is 0 Å². The van der Waals surface area contributed by atoms with Gasteiger partial charge in [0.25, 0.3) is 0 Å². The fraction of sp³-hybridized carbons (Fsp3) is 0.0714. The Bertz CT molecular complexity index is 896. The molecule has 0 radical (unpaired) electrons. The third kappa shape index (κ3) is 2.46. The molecule has 1 aliphatic rings. The quantitative estimate of drug-likeness (QED) is 0.651. The van der Waals surface area contributed by atoms with Gasteiger partial charge in [-0.15, -0.1) is 11.3 Å². The van der Waals surface area contributed by atoms with Gasteiger partial charge >= 0.3 is 5.97 Å². The number of aliphatic imine (C=N–C) groups is 1. The van der Waals surface area contributed by atoms with Crippen molar-refractivity contribution in [3.63, 3.8) is 0 Å². The van der Waals surface area contributed by atoms with Crippen LogP contribution in [0.2, 0.25) is 0 Å². The first-order valence-corrected chi connectivity index (χ1v) is 7.33. The first kappa shape index (κ1) is 14.6. The molecule has 112 valence electrons. The molecule has 1 aliphatic heterocycles. The minimum atomic E-state index is -0.638. The van der Waals surface area contributed by atoms with Crippen molar-refractivity contribution in [3.05, 3.63) is 38.4 Å². The number of nitrogens with one attached hydrogen (secondary N) is 1. The summed E-state index contributed by atoms with van der Waals surface area (Å²) >= 11 is 6.09. The normalized spacial score (nSPS) is 14.8. The van der Waals surface area contributed by atoms with Crippen LogP contribution in [0.4, 0.5) is 10.1 Å². The Labute approximate surface area is 133 Å². The Morgan fingerprint density at radius 3 is 2.95 bits per heavy atom. The third-order valence-corrected chi connectivity index (χ3v) is 4.22. The Morgan fingerprint density at radius 2 is 2.32 bits per heavy atom. The van der Waals surface area contributed by atoms with Gasteiger partial charge < -0.3 is 14.8 Å². The molecular formula is C14H9FN2O3S2. The minimum absolute atomic E-state index is 0.0572. The Balaban J connectivity index is 2.20. The second-order valence-corrected chi connectivity index (χ2v) is 6.12. The van der Waals surface area contributed by atoms with Gasteiger partial charge in [0.05, 0.1) is 17.7 Å². The van der Waals surface area contributed by atoms with Gasteiger partial charge in [-0.25, -0.2) is 14.2 Å². The molecule has 3 rings (SSSR count). The maximum atomic E-state index is 13.5. The SMILES string of the molecule is COC(=O)C1=Nc2ccc(F)cc2/C1=C/c1sc(=S)[nH]c1O. The zero-order valence-electron chi connectivity index (χ0n) is 11.2. The summed E-state index contributed by atoms with van der Waals surface area (Å²) in [7, 11) is 1.24. The van der Waals surface area contributed by atoms with Crippen LogP contribution < -0.4 is 0 Å². The molecule has 2 heterocycles. The molecule has 0 amide bonds. The molecule has 1 aromatic heterocycles. The van der Waals surface area contributed by atoms with E-state index in [4.69, 9.17) is 17.0 Å².